The van der Waals surface area contributed by atoms with Crippen molar-refractivity contribution in [3.63, 3.8) is 0 Å². The molecule has 0 fully saturated rings. The van der Waals surface area contributed by atoms with E-state index in [-0.39, 0.29) is 17.5 Å². The lowest BCUT2D eigenvalue weighted by atomic mass is 10.1. The van der Waals surface area contributed by atoms with Gasteiger partial charge in [-0.05, 0) is 24.4 Å². The quantitative estimate of drug-likeness (QED) is 0.505. The molecule has 0 radical (unpaired) electrons. The van der Waals surface area contributed by atoms with Gasteiger partial charge in [0.1, 0.15) is 0 Å². The summed E-state index contributed by atoms with van der Waals surface area (Å²) in [5, 5.41) is 2.85. The first-order valence-corrected chi connectivity index (χ1v) is 9.58. The first kappa shape index (κ1) is 16.8. The third kappa shape index (κ3) is 3.88. The largest absolute Gasteiger partial charge is 0.454 e. The fourth-order valence-corrected chi connectivity index (χ4v) is 4.05. The van der Waals surface area contributed by atoms with E-state index in [0.29, 0.717) is 5.56 Å². The number of ether oxygens (including phenoxy) is 1. The number of fused-ring (bicyclic) bond motifs is 1. The number of hydrogen-bond donors (Lipinski definition) is 1. The Morgan fingerprint density at radius 2 is 2.08 bits per heavy atom. The minimum Gasteiger partial charge on any atom is -0.454 e. The highest BCUT2D eigenvalue weighted by molar-refractivity contribution is 7.99. The zero-order valence-electron chi connectivity index (χ0n) is 13.2. The number of Topliss-reactive ketones (excluding diaryl/α,β-unsaturated/α-hetero) is 1. The Bertz CT molecular complexity index is 839. The third-order valence-electron chi connectivity index (χ3n) is 3.58. The van der Waals surface area contributed by atoms with Gasteiger partial charge in [0.25, 0.3) is 0 Å². The van der Waals surface area contributed by atoms with Gasteiger partial charge in [-0.25, -0.2) is 0 Å². The second kappa shape index (κ2) is 7.68. The van der Waals surface area contributed by atoms with Gasteiger partial charge in [0.15, 0.2) is 6.10 Å². The van der Waals surface area contributed by atoms with Crippen LogP contribution in [0.1, 0.15) is 22.2 Å². The van der Waals surface area contributed by atoms with E-state index >= 15 is 0 Å². The molecule has 0 saturated carbocycles. The number of carbonyl (C=O) groups excluding carboxylic acids is 2. The minimum atomic E-state index is -0.793. The van der Waals surface area contributed by atoms with Gasteiger partial charge in [-0.1, -0.05) is 24.3 Å². The molecule has 4 nitrogen and oxygen atoms in total. The van der Waals surface area contributed by atoms with E-state index < -0.39 is 6.10 Å². The second-order valence-electron chi connectivity index (χ2n) is 5.32. The van der Waals surface area contributed by atoms with Crippen molar-refractivity contribution in [2.24, 2.45) is 0 Å². The molecule has 0 unspecified atom stereocenters. The van der Waals surface area contributed by atoms with E-state index in [1.54, 1.807) is 24.5 Å². The van der Waals surface area contributed by atoms with E-state index in [9.17, 15) is 9.59 Å². The molecule has 2 aromatic heterocycles. The van der Waals surface area contributed by atoms with Gasteiger partial charge in [0, 0.05) is 33.3 Å². The smallest absolute Gasteiger partial charge is 0.316 e. The molecular weight excluding hydrogens is 342 g/mol. The molecule has 0 aliphatic heterocycles. The predicted molar refractivity (Wildman–Crippen MR) is 98.7 cm³/mol. The van der Waals surface area contributed by atoms with E-state index in [0.717, 1.165) is 16.7 Å². The molecule has 0 bridgehead atoms. The topological polar surface area (TPSA) is 59.2 Å². The van der Waals surface area contributed by atoms with Crippen LogP contribution < -0.4 is 0 Å². The fraction of sp³-hybridized carbons (Fsp3) is 0.222. The number of hydrogen-bond acceptors (Lipinski definition) is 5. The summed E-state index contributed by atoms with van der Waals surface area (Å²) in [4.78, 5) is 28.7. The zero-order chi connectivity index (χ0) is 16.9. The molecule has 1 aromatic carbocycles. The van der Waals surface area contributed by atoms with Crippen LogP contribution in [-0.2, 0) is 15.3 Å². The number of para-hydroxylation sites is 1. The number of aromatic amines is 1. The van der Waals surface area contributed by atoms with E-state index in [2.05, 4.69) is 4.98 Å². The van der Waals surface area contributed by atoms with Crippen molar-refractivity contribution >= 4 is 45.8 Å². The highest BCUT2D eigenvalue weighted by atomic mass is 32.2. The highest BCUT2D eigenvalue weighted by Crippen LogP contribution is 2.21. The molecule has 0 aliphatic carbocycles. The molecule has 2 heterocycles. The Balaban J connectivity index is 1.54. The number of aromatic nitrogens is 1. The van der Waals surface area contributed by atoms with Crippen LogP contribution in [-0.4, -0.2) is 28.6 Å². The summed E-state index contributed by atoms with van der Waals surface area (Å²) < 4.78 is 5.28. The molecule has 24 heavy (non-hydrogen) atoms. The minimum absolute atomic E-state index is 0.191. The number of esters is 1. The summed E-state index contributed by atoms with van der Waals surface area (Å²) in [7, 11) is 0. The number of rotatable bonds is 7. The number of benzene rings is 1. The van der Waals surface area contributed by atoms with Crippen LogP contribution >= 0.6 is 23.1 Å². The molecule has 3 rings (SSSR count). The van der Waals surface area contributed by atoms with Crippen molar-refractivity contribution in [3.05, 3.63) is 58.4 Å². The van der Waals surface area contributed by atoms with Gasteiger partial charge in [0.2, 0.25) is 5.78 Å². The van der Waals surface area contributed by atoms with Crippen molar-refractivity contribution in [2.45, 2.75) is 18.8 Å². The summed E-state index contributed by atoms with van der Waals surface area (Å²) in [6.07, 6.45) is 0.877. The summed E-state index contributed by atoms with van der Waals surface area (Å²) in [6, 6.07) is 11.6. The monoisotopic (exact) mass is 359 g/mol. The van der Waals surface area contributed by atoms with Crippen LogP contribution in [0.15, 0.2) is 48.0 Å². The molecule has 3 aromatic rings. The fourth-order valence-electron chi connectivity index (χ4n) is 2.41. The Kier molecular flexibility index (Phi) is 5.37. The third-order valence-corrected chi connectivity index (χ3v) is 5.59. The molecule has 1 N–H and O–H groups in total. The van der Waals surface area contributed by atoms with Crippen molar-refractivity contribution < 1.29 is 14.3 Å². The average molecular weight is 359 g/mol. The first-order valence-electron chi connectivity index (χ1n) is 7.55. The number of carbonyl (C=O) groups is 2. The van der Waals surface area contributed by atoms with Gasteiger partial charge >= 0.3 is 5.97 Å². The predicted octanol–water partition coefficient (Wildman–Crippen LogP) is 4.28. The van der Waals surface area contributed by atoms with Gasteiger partial charge in [-0.3, -0.25) is 9.59 Å². The van der Waals surface area contributed by atoms with E-state index in [1.807, 2.05) is 41.8 Å². The first-order chi connectivity index (χ1) is 11.6. The normalized spacial score (nSPS) is 12.2. The van der Waals surface area contributed by atoms with Gasteiger partial charge in [-0.2, -0.15) is 0 Å². The van der Waals surface area contributed by atoms with Crippen LogP contribution in [0.25, 0.3) is 10.9 Å². The van der Waals surface area contributed by atoms with E-state index in [4.69, 9.17) is 4.74 Å². The SMILES string of the molecule is C[C@H](OC(=O)CSCc1cccs1)C(=O)c1c[nH]c2ccccc12. The maximum atomic E-state index is 12.5. The Morgan fingerprint density at radius 3 is 2.88 bits per heavy atom. The lowest BCUT2D eigenvalue weighted by Crippen LogP contribution is -2.25. The van der Waals surface area contributed by atoms with Crippen molar-refractivity contribution in [1.82, 2.24) is 4.98 Å². The number of ketones is 1. The van der Waals surface area contributed by atoms with Crippen molar-refractivity contribution in [3.8, 4) is 0 Å². The van der Waals surface area contributed by atoms with Crippen LogP contribution in [0, 0.1) is 0 Å². The number of H-pyrrole nitrogens is 1. The highest BCUT2D eigenvalue weighted by Gasteiger charge is 2.22. The number of nitrogens with one attached hydrogen (secondary N) is 1. The molecule has 0 amide bonds. The van der Waals surface area contributed by atoms with Crippen molar-refractivity contribution in [2.75, 3.05) is 5.75 Å². The van der Waals surface area contributed by atoms with Crippen LogP contribution in [0.5, 0.6) is 0 Å². The molecule has 124 valence electrons. The Hall–Kier alpha value is -2.05. The summed E-state index contributed by atoms with van der Waals surface area (Å²) in [5.74, 6) is 0.460. The standard InChI is InChI=1S/C18H17NO3S2/c1-12(22-17(20)11-23-10-13-5-4-8-24-13)18(21)15-9-19-16-7-3-2-6-14(15)16/h2-9,12,19H,10-11H2,1H3/t12-/m0/s1. The Morgan fingerprint density at radius 1 is 1.25 bits per heavy atom. The average Bonchev–Trinajstić information content (AvgIpc) is 3.23. The lowest BCUT2D eigenvalue weighted by molar-refractivity contribution is -0.143. The number of thioether (sulfide) groups is 1. The molecule has 1 atom stereocenters. The maximum Gasteiger partial charge on any atom is 0.316 e. The van der Waals surface area contributed by atoms with Gasteiger partial charge < -0.3 is 9.72 Å². The zero-order valence-corrected chi connectivity index (χ0v) is 14.8. The van der Waals surface area contributed by atoms with Gasteiger partial charge in [0.05, 0.1) is 5.75 Å². The Labute approximate surface area is 148 Å². The summed E-state index contributed by atoms with van der Waals surface area (Å²) >= 11 is 3.15. The second-order valence-corrected chi connectivity index (χ2v) is 7.33. The summed E-state index contributed by atoms with van der Waals surface area (Å²) in [5.41, 5.74) is 1.45. The van der Waals surface area contributed by atoms with Gasteiger partial charge in [-0.15, -0.1) is 23.1 Å². The summed E-state index contributed by atoms with van der Waals surface area (Å²) in [6.45, 7) is 1.62. The molecule has 0 spiro atoms. The number of thiophene rings is 1. The molecule has 0 aliphatic rings. The molecule has 6 heteroatoms. The van der Waals surface area contributed by atoms with Crippen LogP contribution in [0.4, 0.5) is 0 Å². The van der Waals surface area contributed by atoms with Crippen LogP contribution in [0.3, 0.4) is 0 Å². The van der Waals surface area contributed by atoms with Crippen molar-refractivity contribution in [1.29, 1.82) is 0 Å². The maximum absolute atomic E-state index is 12.5. The molecule has 0 saturated heterocycles. The van der Waals surface area contributed by atoms with E-state index in [1.165, 1.54) is 16.6 Å². The molecular formula is C18H17NO3S2. The lowest BCUT2D eigenvalue weighted by Gasteiger charge is -2.11. The van der Waals surface area contributed by atoms with Crippen LogP contribution in [0.2, 0.25) is 0 Å².